The van der Waals surface area contributed by atoms with Crippen LogP contribution in [0.25, 0.3) is 0 Å². The first kappa shape index (κ1) is 20.5. The molecular weight excluding hydrogens is 446 g/mol. The van der Waals surface area contributed by atoms with E-state index in [0.717, 1.165) is 14.3 Å². The van der Waals surface area contributed by atoms with Gasteiger partial charge in [-0.25, -0.2) is 8.42 Å². The van der Waals surface area contributed by atoms with E-state index >= 15 is 0 Å². The highest BCUT2D eigenvalue weighted by atomic mass is 79.9. The molecule has 1 saturated heterocycles. The summed E-state index contributed by atoms with van der Waals surface area (Å²) >= 11 is 3.46. The van der Waals surface area contributed by atoms with Crippen LogP contribution in [0.4, 0.5) is 0 Å². The molecule has 0 radical (unpaired) electrons. The monoisotopic (exact) mass is 465 g/mol. The first-order chi connectivity index (χ1) is 13.3. The molecule has 9 heteroatoms. The molecule has 0 aromatic heterocycles. The second kappa shape index (κ2) is 8.42. The molecule has 0 bridgehead atoms. The summed E-state index contributed by atoms with van der Waals surface area (Å²) in [4.78, 5) is 25.9. The number of nitrogens with zero attached hydrogens (tertiary/aromatic N) is 2. The zero-order valence-electron chi connectivity index (χ0n) is 15.3. The maximum Gasteiger partial charge on any atom is 0.253 e. The van der Waals surface area contributed by atoms with E-state index in [4.69, 9.17) is 0 Å². The van der Waals surface area contributed by atoms with Gasteiger partial charge in [0.25, 0.3) is 5.91 Å². The van der Waals surface area contributed by atoms with Gasteiger partial charge in [0, 0.05) is 36.7 Å². The number of piperazine rings is 1. The summed E-state index contributed by atoms with van der Waals surface area (Å²) in [6, 6.07) is 13.5. The molecule has 2 amide bonds. The highest BCUT2D eigenvalue weighted by Crippen LogP contribution is 2.21. The highest BCUT2D eigenvalue weighted by Gasteiger charge is 2.29. The van der Waals surface area contributed by atoms with E-state index in [2.05, 4.69) is 21.2 Å². The molecule has 0 atom stereocenters. The van der Waals surface area contributed by atoms with Crippen molar-refractivity contribution < 1.29 is 18.0 Å². The molecule has 1 aliphatic heterocycles. The molecule has 1 N–H and O–H groups in total. The smallest absolute Gasteiger partial charge is 0.253 e. The van der Waals surface area contributed by atoms with E-state index < -0.39 is 10.0 Å². The van der Waals surface area contributed by atoms with Gasteiger partial charge >= 0.3 is 0 Å². The highest BCUT2D eigenvalue weighted by molar-refractivity contribution is 9.10. The molecule has 1 aliphatic rings. The van der Waals surface area contributed by atoms with Crippen LogP contribution in [-0.4, -0.2) is 56.1 Å². The van der Waals surface area contributed by atoms with Crippen molar-refractivity contribution in [3.05, 3.63) is 64.1 Å². The van der Waals surface area contributed by atoms with E-state index in [0.29, 0.717) is 6.54 Å². The summed E-state index contributed by atoms with van der Waals surface area (Å²) in [6.07, 6.45) is 0. The van der Waals surface area contributed by atoms with Crippen molar-refractivity contribution in [2.24, 2.45) is 0 Å². The number of nitrogens with one attached hydrogen (secondary N) is 1. The molecule has 28 heavy (non-hydrogen) atoms. The molecule has 1 fully saturated rings. The number of sulfonamides is 1. The lowest BCUT2D eigenvalue weighted by molar-refractivity contribution is -0.122. The fraction of sp³-hybridized carbons (Fsp3) is 0.263. The van der Waals surface area contributed by atoms with Crippen molar-refractivity contribution in [3.8, 4) is 0 Å². The molecule has 148 valence electrons. The average Bonchev–Trinajstić information content (AvgIpc) is 2.69. The van der Waals surface area contributed by atoms with E-state index in [1.165, 1.54) is 23.1 Å². The minimum atomic E-state index is -3.85. The van der Waals surface area contributed by atoms with Gasteiger partial charge < -0.3 is 10.2 Å². The van der Waals surface area contributed by atoms with Gasteiger partial charge in [-0.1, -0.05) is 40.2 Å². The fourth-order valence-electron chi connectivity index (χ4n) is 2.93. The van der Waals surface area contributed by atoms with E-state index in [1.54, 1.807) is 13.1 Å². The Morgan fingerprint density at radius 1 is 1.21 bits per heavy atom. The number of hydrogen-bond acceptors (Lipinski definition) is 4. The summed E-state index contributed by atoms with van der Waals surface area (Å²) in [7, 11) is -2.18. The van der Waals surface area contributed by atoms with E-state index in [9.17, 15) is 18.0 Å². The SMILES string of the molecule is CN(Cc1ccccc1Br)C(=O)c1cccc(S(=O)(=O)N2CCNC(=O)C2)c1. The lowest BCUT2D eigenvalue weighted by atomic mass is 10.1. The van der Waals surface area contributed by atoms with Crippen LogP contribution in [0, 0.1) is 0 Å². The van der Waals surface area contributed by atoms with Crippen molar-refractivity contribution in [3.63, 3.8) is 0 Å². The van der Waals surface area contributed by atoms with Gasteiger partial charge in [-0.3, -0.25) is 9.59 Å². The van der Waals surface area contributed by atoms with Crippen molar-refractivity contribution in [1.29, 1.82) is 0 Å². The maximum absolute atomic E-state index is 12.8. The van der Waals surface area contributed by atoms with Crippen molar-refractivity contribution in [1.82, 2.24) is 14.5 Å². The fourth-order valence-corrected chi connectivity index (χ4v) is 4.79. The van der Waals surface area contributed by atoms with E-state index in [1.807, 2.05) is 24.3 Å². The third-order valence-electron chi connectivity index (χ3n) is 4.43. The zero-order valence-corrected chi connectivity index (χ0v) is 17.7. The number of hydrogen-bond donors (Lipinski definition) is 1. The Morgan fingerprint density at radius 3 is 2.68 bits per heavy atom. The lowest BCUT2D eigenvalue weighted by Crippen LogP contribution is -2.49. The van der Waals surface area contributed by atoms with Crippen molar-refractivity contribution >= 4 is 37.8 Å². The van der Waals surface area contributed by atoms with Crippen LogP contribution in [0.5, 0.6) is 0 Å². The van der Waals surface area contributed by atoms with Crippen molar-refractivity contribution in [2.75, 3.05) is 26.7 Å². The molecule has 0 spiro atoms. The Balaban J connectivity index is 1.81. The Hall–Kier alpha value is -2.23. The summed E-state index contributed by atoms with van der Waals surface area (Å²) in [5, 5.41) is 2.60. The minimum absolute atomic E-state index is 0.00217. The van der Waals surface area contributed by atoms with Gasteiger partial charge in [0.05, 0.1) is 11.4 Å². The summed E-state index contributed by atoms with van der Waals surface area (Å²) in [5.74, 6) is -0.626. The van der Waals surface area contributed by atoms with Gasteiger partial charge in [0.2, 0.25) is 15.9 Å². The standard InChI is InChI=1S/C19H20BrN3O4S/c1-22(12-15-5-2-3-8-17(15)20)19(25)14-6-4-7-16(11-14)28(26,27)23-10-9-21-18(24)13-23/h2-8,11H,9-10,12-13H2,1H3,(H,21,24). The number of halogens is 1. The largest absolute Gasteiger partial charge is 0.354 e. The molecule has 7 nitrogen and oxygen atoms in total. The molecule has 2 aromatic rings. The lowest BCUT2D eigenvalue weighted by Gasteiger charge is -2.26. The zero-order chi connectivity index (χ0) is 20.3. The van der Waals surface area contributed by atoms with Crippen LogP contribution in [0.15, 0.2) is 57.9 Å². The van der Waals surface area contributed by atoms with Gasteiger partial charge in [0.1, 0.15) is 0 Å². The average molecular weight is 466 g/mol. The van der Waals surface area contributed by atoms with Gasteiger partial charge in [-0.15, -0.1) is 0 Å². The van der Waals surface area contributed by atoms with Crippen LogP contribution in [0.2, 0.25) is 0 Å². The second-order valence-electron chi connectivity index (χ2n) is 6.47. The third kappa shape index (κ3) is 4.43. The topological polar surface area (TPSA) is 86.8 Å². The predicted molar refractivity (Wildman–Crippen MR) is 108 cm³/mol. The van der Waals surface area contributed by atoms with E-state index in [-0.39, 0.29) is 41.9 Å². The number of amides is 2. The van der Waals surface area contributed by atoms with Crippen molar-refractivity contribution in [2.45, 2.75) is 11.4 Å². The summed E-state index contributed by atoms with van der Waals surface area (Å²) in [6.45, 7) is 0.630. The normalized spacial score (nSPS) is 15.1. The van der Waals surface area contributed by atoms with Crippen LogP contribution in [0.1, 0.15) is 15.9 Å². The molecule has 2 aromatic carbocycles. The molecular formula is C19H20BrN3O4S. The Bertz CT molecular complexity index is 1010. The van der Waals surface area contributed by atoms with Gasteiger partial charge in [0.15, 0.2) is 0 Å². The summed E-state index contributed by atoms with van der Waals surface area (Å²) < 4.78 is 27.7. The minimum Gasteiger partial charge on any atom is -0.354 e. The van der Waals surface area contributed by atoms with Gasteiger partial charge in [-0.2, -0.15) is 4.31 Å². The molecule has 0 saturated carbocycles. The molecule has 0 unspecified atom stereocenters. The second-order valence-corrected chi connectivity index (χ2v) is 9.26. The van der Waals surface area contributed by atoms with Crippen LogP contribution < -0.4 is 5.32 Å². The number of benzene rings is 2. The molecule has 0 aliphatic carbocycles. The van der Waals surface area contributed by atoms with Gasteiger partial charge in [-0.05, 0) is 29.8 Å². The Morgan fingerprint density at radius 2 is 1.96 bits per heavy atom. The molecule has 1 heterocycles. The number of rotatable bonds is 5. The first-order valence-electron chi connectivity index (χ1n) is 8.65. The number of carbonyl (C=O) groups excluding carboxylic acids is 2. The summed E-state index contributed by atoms with van der Waals surface area (Å²) in [5.41, 5.74) is 1.22. The molecule has 3 rings (SSSR count). The quantitative estimate of drug-likeness (QED) is 0.729. The maximum atomic E-state index is 12.8. The third-order valence-corrected chi connectivity index (χ3v) is 7.05. The number of carbonyl (C=O) groups is 2. The van der Waals surface area contributed by atoms with Crippen LogP contribution >= 0.6 is 15.9 Å². The Labute approximate surface area is 172 Å². The Kier molecular flexibility index (Phi) is 6.17. The predicted octanol–water partition coefficient (Wildman–Crippen LogP) is 1.84. The first-order valence-corrected chi connectivity index (χ1v) is 10.9. The van der Waals surface area contributed by atoms with Crippen LogP contribution in [-0.2, 0) is 21.4 Å². The van der Waals surface area contributed by atoms with Crippen LogP contribution in [0.3, 0.4) is 0 Å².